The highest BCUT2D eigenvalue weighted by Crippen LogP contribution is 2.31. The molecule has 0 amide bonds. The van der Waals surface area contributed by atoms with Crippen LogP contribution < -0.4 is 0 Å². The molecule has 1 fully saturated rings. The van der Waals surface area contributed by atoms with Gasteiger partial charge < -0.3 is 9.47 Å². The topological polar surface area (TPSA) is 52.6 Å². The maximum absolute atomic E-state index is 12.5. The van der Waals surface area contributed by atoms with Crippen molar-refractivity contribution in [3.8, 4) is 0 Å². The number of hydrogen-bond acceptors (Lipinski definition) is 4. The van der Waals surface area contributed by atoms with Gasteiger partial charge in [-0.25, -0.2) is 0 Å². The highest BCUT2D eigenvalue weighted by atomic mass is 16.5. The predicted molar refractivity (Wildman–Crippen MR) is 160 cm³/mol. The molecule has 4 heteroatoms. The lowest BCUT2D eigenvalue weighted by Gasteiger charge is -2.26. The predicted octanol–water partition coefficient (Wildman–Crippen LogP) is 9.92. The molecule has 2 atom stereocenters. The van der Waals surface area contributed by atoms with E-state index in [1.807, 2.05) is 0 Å². The average Bonchev–Trinajstić information content (AvgIpc) is 2.82. The van der Waals surface area contributed by atoms with Gasteiger partial charge in [0.2, 0.25) is 0 Å². The van der Waals surface area contributed by atoms with Crippen molar-refractivity contribution in [2.45, 2.75) is 158 Å². The third-order valence-electron chi connectivity index (χ3n) is 8.35. The zero-order valence-corrected chi connectivity index (χ0v) is 26.7. The van der Waals surface area contributed by atoms with Crippen LogP contribution >= 0.6 is 0 Å². The second kappa shape index (κ2) is 18.3. The molecule has 0 spiro atoms. The molecule has 0 aliphatic heterocycles. The molecule has 0 bridgehead atoms. The third-order valence-corrected chi connectivity index (χ3v) is 8.35. The first-order valence-electron chi connectivity index (χ1n) is 16.1. The van der Waals surface area contributed by atoms with Crippen molar-refractivity contribution >= 4 is 11.9 Å². The molecule has 1 aliphatic rings. The molecule has 2 unspecified atom stereocenters. The van der Waals surface area contributed by atoms with Gasteiger partial charge in [0, 0.05) is 0 Å². The summed E-state index contributed by atoms with van der Waals surface area (Å²) in [5.41, 5.74) is 0.867. The monoisotopic (exact) mass is 536 g/mol. The van der Waals surface area contributed by atoms with Gasteiger partial charge in [0.15, 0.2) is 0 Å². The van der Waals surface area contributed by atoms with Crippen molar-refractivity contribution in [3.05, 3.63) is 0 Å². The van der Waals surface area contributed by atoms with Crippen molar-refractivity contribution in [2.75, 3.05) is 13.2 Å². The highest BCUT2D eigenvalue weighted by molar-refractivity contribution is 5.75. The second-order valence-electron chi connectivity index (χ2n) is 15.0. The van der Waals surface area contributed by atoms with Crippen LogP contribution in [-0.4, -0.2) is 25.2 Å². The quantitative estimate of drug-likeness (QED) is 0.129. The van der Waals surface area contributed by atoms with Crippen molar-refractivity contribution < 1.29 is 19.1 Å². The van der Waals surface area contributed by atoms with E-state index in [9.17, 15) is 9.59 Å². The minimum atomic E-state index is -0.0643. The fourth-order valence-corrected chi connectivity index (χ4v) is 5.46. The number of unbranched alkanes of at least 4 members (excludes halogenated alkanes) is 4. The summed E-state index contributed by atoms with van der Waals surface area (Å²) in [6, 6.07) is 0. The summed E-state index contributed by atoms with van der Waals surface area (Å²) in [7, 11) is 0. The molecule has 224 valence electrons. The van der Waals surface area contributed by atoms with Gasteiger partial charge in [0.1, 0.15) is 0 Å². The molecule has 0 aromatic carbocycles. The Bertz CT molecular complexity index is 578. The Hall–Kier alpha value is -1.06. The first-order valence-corrected chi connectivity index (χ1v) is 16.1. The van der Waals surface area contributed by atoms with Gasteiger partial charge in [-0.2, -0.15) is 0 Å². The first-order chi connectivity index (χ1) is 17.8. The molecule has 0 N–H and O–H groups in total. The van der Waals surface area contributed by atoms with E-state index >= 15 is 0 Å². The van der Waals surface area contributed by atoms with E-state index in [4.69, 9.17) is 9.47 Å². The van der Waals surface area contributed by atoms with Crippen LogP contribution in [0.3, 0.4) is 0 Å². The van der Waals surface area contributed by atoms with Crippen LogP contribution in [0.25, 0.3) is 0 Å². The summed E-state index contributed by atoms with van der Waals surface area (Å²) in [5.74, 6) is 0.962. The van der Waals surface area contributed by atoms with Crippen LogP contribution in [0.15, 0.2) is 0 Å². The average molecular weight is 537 g/mol. The molecule has 1 saturated carbocycles. The van der Waals surface area contributed by atoms with Crippen molar-refractivity contribution in [1.82, 2.24) is 0 Å². The van der Waals surface area contributed by atoms with E-state index in [2.05, 4.69) is 55.4 Å². The number of esters is 2. The Morgan fingerprint density at radius 1 is 0.579 bits per heavy atom. The summed E-state index contributed by atoms with van der Waals surface area (Å²) in [6.07, 6.45) is 17.6. The van der Waals surface area contributed by atoms with E-state index in [-0.39, 0.29) is 23.8 Å². The van der Waals surface area contributed by atoms with E-state index in [1.54, 1.807) is 0 Å². The molecular formula is C34H64O4. The molecule has 0 radical (unpaired) electrons. The molecular weight excluding hydrogens is 472 g/mol. The molecule has 0 aromatic rings. The molecule has 0 aromatic heterocycles. The molecule has 1 aliphatic carbocycles. The zero-order valence-electron chi connectivity index (χ0n) is 26.7. The number of ether oxygens (including phenoxy) is 2. The summed E-state index contributed by atoms with van der Waals surface area (Å²) >= 11 is 0. The van der Waals surface area contributed by atoms with E-state index in [1.165, 1.54) is 64.2 Å². The summed E-state index contributed by atoms with van der Waals surface area (Å²) in [4.78, 5) is 25.1. The lowest BCUT2D eigenvalue weighted by Crippen LogP contribution is -2.28. The van der Waals surface area contributed by atoms with Gasteiger partial charge in [-0.05, 0) is 74.0 Å². The number of carbonyl (C=O) groups excluding carboxylic acids is 2. The first kappa shape index (κ1) is 35.0. The van der Waals surface area contributed by atoms with Gasteiger partial charge in [0.05, 0.1) is 25.0 Å². The van der Waals surface area contributed by atoms with Crippen molar-refractivity contribution in [3.63, 3.8) is 0 Å². The maximum Gasteiger partial charge on any atom is 0.308 e. The maximum atomic E-state index is 12.5. The van der Waals surface area contributed by atoms with Crippen LogP contribution in [0.2, 0.25) is 0 Å². The van der Waals surface area contributed by atoms with Gasteiger partial charge in [-0.15, -0.1) is 0 Å². The Morgan fingerprint density at radius 2 is 0.921 bits per heavy atom. The third kappa shape index (κ3) is 18.3. The Balaban J connectivity index is 2.09. The smallest absolute Gasteiger partial charge is 0.308 e. The normalized spacial score (nSPS) is 20.1. The van der Waals surface area contributed by atoms with Crippen LogP contribution in [0.5, 0.6) is 0 Å². The molecule has 38 heavy (non-hydrogen) atoms. The second-order valence-corrected chi connectivity index (χ2v) is 15.0. The van der Waals surface area contributed by atoms with E-state index < -0.39 is 0 Å². The van der Waals surface area contributed by atoms with E-state index in [0.29, 0.717) is 35.9 Å². The van der Waals surface area contributed by atoms with Gasteiger partial charge in [0.25, 0.3) is 0 Å². The Morgan fingerprint density at radius 3 is 1.24 bits per heavy atom. The van der Waals surface area contributed by atoms with Gasteiger partial charge in [-0.3, -0.25) is 9.59 Å². The number of rotatable bonds is 18. The SMILES string of the molecule is CC(CCCCCC(C)(C)C)CCOC(=O)C1CCC(C(=O)OCCC(C)CCCCCC(C)(C)C)CC1. The van der Waals surface area contributed by atoms with Crippen LogP contribution in [0.4, 0.5) is 0 Å². The standard InChI is InChI=1S/C34H64O4/c1-27(15-11-9-13-23-33(3,4)5)21-25-37-31(35)29-17-19-30(20-18-29)32(36)38-26-22-28(2)16-12-10-14-24-34(6,7)8/h27-30H,9-26H2,1-8H3. The fourth-order valence-electron chi connectivity index (χ4n) is 5.46. The minimum Gasteiger partial charge on any atom is -0.465 e. The molecule has 0 heterocycles. The van der Waals surface area contributed by atoms with Crippen LogP contribution in [0.1, 0.15) is 158 Å². The van der Waals surface area contributed by atoms with Gasteiger partial charge >= 0.3 is 11.9 Å². The summed E-state index contributed by atoms with van der Waals surface area (Å²) in [5, 5.41) is 0. The molecule has 0 saturated heterocycles. The van der Waals surface area contributed by atoms with Gasteiger partial charge in [-0.1, -0.05) is 107 Å². The zero-order chi connectivity index (χ0) is 28.6. The minimum absolute atomic E-state index is 0.0509. The largest absolute Gasteiger partial charge is 0.465 e. The van der Waals surface area contributed by atoms with E-state index in [0.717, 1.165) is 38.5 Å². The fraction of sp³-hybridized carbons (Fsp3) is 0.941. The number of carbonyl (C=O) groups is 2. The van der Waals surface area contributed by atoms with Crippen molar-refractivity contribution in [2.24, 2.45) is 34.5 Å². The molecule has 1 rings (SSSR count). The van der Waals surface area contributed by atoms with Crippen LogP contribution in [-0.2, 0) is 19.1 Å². The summed E-state index contributed by atoms with van der Waals surface area (Å²) in [6.45, 7) is 19.4. The van der Waals surface area contributed by atoms with Crippen LogP contribution in [0, 0.1) is 34.5 Å². The Labute approximate surface area is 236 Å². The molecule has 4 nitrogen and oxygen atoms in total. The van der Waals surface area contributed by atoms with Crippen molar-refractivity contribution in [1.29, 1.82) is 0 Å². The lowest BCUT2D eigenvalue weighted by atomic mass is 9.82. The Kier molecular flexibility index (Phi) is 16.9. The highest BCUT2D eigenvalue weighted by Gasteiger charge is 2.31. The summed E-state index contributed by atoms with van der Waals surface area (Å²) < 4.78 is 11.2. The lowest BCUT2D eigenvalue weighted by molar-refractivity contribution is -0.155. The number of hydrogen-bond donors (Lipinski definition) is 0.